The maximum atomic E-state index is 11.7. The van der Waals surface area contributed by atoms with Crippen LogP contribution in [0.4, 0.5) is 4.79 Å². The van der Waals surface area contributed by atoms with Crippen LogP contribution in [0.5, 0.6) is 0 Å². The zero-order valence-corrected chi connectivity index (χ0v) is 12.0. The number of carbonyl (C=O) groups is 2. The van der Waals surface area contributed by atoms with Crippen LogP contribution in [0.2, 0.25) is 5.02 Å². The Morgan fingerprint density at radius 3 is 3.00 bits per heavy atom. The van der Waals surface area contributed by atoms with Crippen molar-refractivity contribution in [2.45, 2.75) is 6.42 Å². The van der Waals surface area contributed by atoms with Gasteiger partial charge in [0, 0.05) is 23.9 Å². The van der Waals surface area contributed by atoms with Gasteiger partial charge in [0.1, 0.15) is 6.54 Å². The predicted molar refractivity (Wildman–Crippen MR) is 77.6 cm³/mol. The number of rotatable bonds is 5. The summed E-state index contributed by atoms with van der Waals surface area (Å²) in [6.45, 7) is 1.36. The van der Waals surface area contributed by atoms with Crippen LogP contribution in [0.15, 0.2) is 24.3 Å². The topological polar surface area (TPSA) is 49.4 Å². The summed E-state index contributed by atoms with van der Waals surface area (Å²) in [6.07, 6.45) is 0.731. The normalized spacial score (nSPS) is 14.8. The van der Waals surface area contributed by atoms with Gasteiger partial charge in [-0.2, -0.15) is 0 Å². The Labute approximate surface area is 121 Å². The molecule has 2 amide bonds. The summed E-state index contributed by atoms with van der Waals surface area (Å²) in [5.74, 6) is 0.659. The van der Waals surface area contributed by atoms with Gasteiger partial charge in [-0.3, -0.25) is 9.59 Å². The first-order valence-electron chi connectivity index (χ1n) is 6.08. The van der Waals surface area contributed by atoms with Crippen LogP contribution in [0.1, 0.15) is 5.56 Å². The molecule has 0 atom stereocenters. The molecule has 1 aromatic carbocycles. The Morgan fingerprint density at radius 1 is 1.47 bits per heavy atom. The highest BCUT2D eigenvalue weighted by Crippen LogP contribution is 2.16. The SMILES string of the molecule is O=C(CN1CCSC1=O)NCCc1cccc(Cl)c1. The number of nitrogens with zero attached hydrogens (tertiary/aromatic N) is 1. The van der Waals surface area contributed by atoms with Gasteiger partial charge in [0.25, 0.3) is 5.24 Å². The number of hydrogen-bond donors (Lipinski definition) is 1. The number of amides is 2. The quantitative estimate of drug-likeness (QED) is 0.906. The van der Waals surface area contributed by atoms with E-state index in [4.69, 9.17) is 11.6 Å². The minimum atomic E-state index is -0.113. The zero-order valence-electron chi connectivity index (χ0n) is 10.4. The fraction of sp³-hybridized carbons (Fsp3) is 0.385. The van der Waals surface area contributed by atoms with Crippen molar-refractivity contribution in [3.63, 3.8) is 0 Å². The van der Waals surface area contributed by atoms with Crippen LogP contribution in [0.3, 0.4) is 0 Å². The van der Waals surface area contributed by atoms with Crippen molar-refractivity contribution < 1.29 is 9.59 Å². The van der Waals surface area contributed by atoms with Crippen molar-refractivity contribution in [1.82, 2.24) is 10.2 Å². The van der Waals surface area contributed by atoms with E-state index in [1.165, 1.54) is 11.8 Å². The van der Waals surface area contributed by atoms with Gasteiger partial charge in [-0.1, -0.05) is 35.5 Å². The molecule has 4 nitrogen and oxygen atoms in total. The third-order valence-electron chi connectivity index (χ3n) is 2.80. The van der Waals surface area contributed by atoms with Crippen molar-refractivity contribution in [1.29, 1.82) is 0 Å². The summed E-state index contributed by atoms with van der Waals surface area (Å²) in [5.41, 5.74) is 1.08. The summed E-state index contributed by atoms with van der Waals surface area (Å²) in [6, 6.07) is 7.56. The molecular formula is C13H15ClN2O2S. The van der Waals surface area contributed by atoms with E-state index in [0.29, 0.717) is 18.1 Å². The summed E-state index contributed by atoms with van der Waals surface area (Å²) < 4.78 is 0. The second kappa shape index (κ2) is 6.82. The predicted octanol–water partition coefficient (Wildman–Crippen LogP) is 2.17. The average molecular weight is 299 g/mol. The van der Waals surface area contributed by atoms with E-state index in [-0.39, 0.29) is 17.7 Å². The second-order valence-electron chi connectivity index (χ2n) is 4.27. The molecule has 0 aliphatic carbocycles. The molecule has 1 heterocycles. The molecule has 102 valence electrons. The maximum absolute atomic E-state index is 11.7. The largest absolute Gasteiger partial charge is 0.354 e. The molecule has 0 bridgehead atoms. The van der Waals surface area contributed by atoms with Crippen LogP contribution >= 0.6 is 23.4 Å². The van der Waals surface area contributed by atoms with Gasteiger partial charge in [0.05, 0.1) is 0 Å². The van der Waals surface area contributed by atoms with E-state index in [0.717, 1.165) is 17.7 Å². The number of benzene rings is 1. The van der Waals surface area contributed by atoms with Crippen LogP contribution in [0, 0.1) is 0 Å². The first-order valence-corrected chi connectivity index (χ1v) is 7.44. The van der Waals surface area contributed by atoms with Gasteiger partial charge in [0.15, 0.2) is 0 Å². The maximum Gasteiger partial charge on any atom is 0.282 e. The lowest BCUT2D eigenvalue weighted by Gasteiger charge is -2.14. The molecule has 19 heavy (non-hydrogen) atoms. The van der Waals surface area contributed by atoms with Gasteiger partial charge in [-0.15, -0.1) is 0 Å². The van der Waals surface area contributed by atoms with E-state index in [1.807, 2.05) is 24.3 Å². The average Bonchev–Trinajstić information content (AvgIpc) is 2.75. The van der Waals surface area contributed by atoms with Gasteiger partial charge in [-0.25, -0.2) is 0 Å². The van der Waals surface area contributed by atoms with Crippen molar-refractivity contribution in [3.05, 3.63) is 34.9 Å². The minimum absolute atomic E-state index is 0.00927. The van der Waals surface area contributed by atoms with Crippen molar-refractivity contribution in [3.8, 4) is 0 Å². The zero-order chi connectivity index (χ0) is 13.7. The van der Waals surface area contributed by atoms with Crippen LogP contribution < -0.4 is 5.32 Å². The molecule has 0 spiro atoms. The summed E-state index contributed by atoms with van der Waals surface area (Å²) >= 11 is 7.14. The molecular weight excluding hydrogens is 284 g/mol. The van der Waals surface area contributed by atoms with E-state index in [9.17, 15) is 9.59 Å². The Balaban J connectivity index is 1.70. The Bertz CT molecular complexity index is 481. The highest BCUT2D eigenvalue weighted by atomic mass is 35.5. The Hall–Kier alpha value is -1.20. The molecule has 6 heteroatoms. The van der Waals surface area contributed by atoms with Crippen molar-refractivity contribution in [2.75, 3.05) is 25.4 Å². The van der Waals surface area contributed by atoms with Gasteiger partial charge in [-0.05, 0) is 24.1 Å². The van der Waals surface area contributed by atoms with Crippen molar-refractivity contribution >= 4 is 34.5 Å². The fourth-order valence-electron chi connectivity index (χ4n) is 1.84. The molecule has 1 aliphatic rings. The van der Waals surface area contributed by atoms with Gasteiger partial charge >= 0.3 is 0 Å². The molecule has 1 fully saturated rings. The van der Waals surface area contributed by atoms with E-state index in [1.54, 1.807) is 4.90 Å². The molecule has 2 rings (SSSR count). The lowest BCUT2D eigenvalue weighted by molar-refractivity contribution is -0.121. The van der Waals surface area contributed by atoms with E-state index < -0.39 is 0 Å². The van der Waals surface area contributed by atoms with Crippen LogP contribution in [-0.4, -0.2) is 41.4 Å². The summed E-state index contributed by atoms with van der Waals surface area (Å²) in [4.78, 5) is 24.6. The molecule has 1 aliphatic heterocycles. The molecule has 0 aromatic heterocycles. The van der Waals surface area contributed by atoms with Crippen LogP contribution in [-0.2, 0) is 11.2 Å². The van der Waals surface area contributed by atoms with Gasteiger partial charge < -0.3 is 10.2 Å². The number of carbonyl (C=O) groups excluding carboxylic acids is 2. The lowest BCUT2D eigenvalue weighted by Crippen LogP contribution is -2.38. The molecule has 0 saturated carbocycles. The molecule has 1 aromatic rings. The molecule has 1 saturated heterocycles. The highest BCUT2D eigenvalue weighted by molar-refractivity contribution is 8.13. The minimum Gasteiger partial charge on any atom is -0.354 e. The standard InChI is InChI=1S/C13H15ClN2O2S/c14-11-3-1-2-10(8-11)4-5-15-12(17)9-16-6-7-19-13(16)18/h1-3,8H,4-7,9H2,(H,15,17). The number of halogens is 1. The number of thioether (sulfide) groups is 1. The van der Waals surface area contributed by atoms with Gasteiger partial charge in [0.2, 0.25) is 5.91 Å². The number of hydrogen-bond acceptors (Lipinski definition) is 3. The fourth-order valence-corrected chi connectivity index (χ4v) is 2.87. The molecule has 1 N–H and O–H groups in total. The monoisotopic (exact) mass is 298 g/mol. The second-order valence-corrected chi connectivity index (χ2v) is 5.75. The molecule has 0 unspecified atom stereocenters. The third kappa shape index (κ3) is 4.44. The Morgan fingerprint density at radius 2 is 2.32 bits per heavy atom. The first-order chi connectivity index (χ1) is 9.15. The highest BCUT2D eigenvalue weighted by Gasteiger charge is 2.22. The summed E-state index contributed by atoms with van der Waals surface area (Å²) in [7, 11) is 0. The van der Waals surface area contributed by atoms with E-state index in [2.05, 4.69) is 5.32 Å². The Kier molecular flexibility index (Phi) is 5.10. The first kappa shape index (κ1) is 14.2. The van der Waals surface area contributed by atoms with Crippen LogP contribution in [0.25, 0.3) is 0 Å². The lowest BCUT2D eigenvalue weighted by atomic mass is 10.1. The number of nitrogens with one attached hydrogen (secondary N) is 1. The van der Waals surface area contributed by atoms with Crippen molar-refractivity contribution in [2.24, 2.45) is 0 Å². The third-order valence-corrected chi connectivity index (χ3v) is 3.93. The van der Waals surface area contributed by atoms with E-state index >= 15 is 0 Å². The smallest absolute Gasteiger partial charge is 0.282 e. The molecule has 0 radical (unpaired) electrons. The summed E-state index contributed by atoms with van der Waals surface area (Å²) in [5, 5.41) is 3.50.